The van der Waals surface area contributed by atoms with Crippen LogP contribution in [0.3, 0.4) is 0 Å². The smallest absolute Gasteiger partial charge is 0.303 e. The van der Waals surface area contributed by atoms with Crippen LogP contribution in [0.25, 0.3) is 11.6 Å². The first-order valence-electron chi connectivity index (χ1n) is 8.59. The second-order valence-electron chi connectivity index (χ2n) is 6.91. The third kappa shape index (κ3) is 2.86. The molecule has 128 valence electrons. The molecule has 25 heavy (non-hydrogen) atoms. The van der Waals surface area contributed by atoms with Crippen molar-refractivity contribution in [1.29, 1.82) is 0 Å². The molecular weight excluding hydrogens is 316 g/mol. The van der Waals surface area contributed by atoms with Gasteiger partial charge in [0.15, 0.2) is 0 Å². The van der Waals surface area contributed by atoms with Crippen LogP contribution in [0.15, 0.2) is 24.3 Å². The lowest BCUT2D eigenvalue weighted by molar-refractivity contribution is -0.137. The third-order valence-corrected chi connectivity index (χ3v) is 5.05. The second kappa shape index (κ2) is 5.92. The minimum absolute atomic E-state index is 0.0524. The number of hydrogen-bond donors (Lipinski definition) is 3. The molecule has 1 aromatic heterocycles. The lowest BCUT2D eigenvalue weighted by Crippen LogP contribution is -2.12. The van der Waals surface area contributed by atoms with E-state index in [1.807, 2.05) is 37.3 Å². The number of carboxylic acid groups (broad SMARTS) is 1. The zero-order valence-corrected chi connectivity index (χ0v) is 14.1. The number of aliphatic carboxylic acids is 1. The molecule has 0 bridgehead atoms. The molecule has 2 heterocycles. The number of hydrogen-bond acceptors (Lipinski definition) is 2. The highest BCUT2D eigenvalue weighted by molar-refractivity contribution is 6.34. The van der Waals surface area contributed by atoms with Crippen molar-refractivity contribution < 1.29 is 14.7 Å². The molecule has 1 aromatic carbocycles. The van der Waals surface area contributed by atoms with Crippen molar-refractivity contribution >= 4 is 29.2 Å². The number of fused-ring (bicyclic) bond motifs is 2. The Labute approximate surface area is 145 Å². The molecule has 5 nitrogen and oxygen atoms in total. The summed E-state index contributed by atoms with van der Waals surface area (Å²) in [5, 5.41) is 12.0. The molecule has 2 aliphatic rings. The number of benzene rings is 1. The number of amides is 1. The lowest BCUT2D eigenvalue weighted by Gasteiger charge is -2.20. The molecule has 1 amide bonds. The van der Waals surface area contributed by atoms with E-state index in [0.29, 0.717) is 5.57 Å². The molecule has 0 saturated carbocycles. The highest BCUT2D eigenvalue weighted by Crippen LogP contribution is 2.37. The van der Waals surface area contributed by atoms with E-state index in [2.05, 4.69) is 10.3 Å². The molecule has 3 N–H and O–H groups in total. The molecule has 0 radical (unpaired) electrons. The van der Waals surface area contributed by atoms with Gasteiger partial charge in [0.25, 0.3) is 5.91 Å². The number of carbonyl (C=O) groups excluding carboxylic acids is 1. The van der Waals surface area contributed by atoms with E-state index >= 15 is 0 Å². The molecule has 0 saturated heterocycles. The van der Waals surface area contributed by atoms with E-state index in [9.17, 15) is 9.59 Å². The molecule has 0 spiro atoms. The largest absolute Gasteiger partial charge is 0.481 e. The summed E-state index contributed by atoms with van der Waals surface area (Å²) in [6, 6.07) is 7.92. The maximum Gasteiger partial charge on any atom is 0.303 e. The molecule has 5 heteroatoms. The molecule has 0 fully saturated rings. The molecule has 1 atom stereocenters. The van der Waals surface area contributed by atoms with Crippen molar-refractivity contribution in [2.24, 2.45) is 0 Å². The van der Waals surface area contributed by atoms with Gasteiger partial charge in [0, 0.05) is 22.6 Å². The first kappa shape index (κ1) is 15.7. The first-order chi connectivity index (χ1) is 12.0. The van der Waals surface area contributed by atoms with Gasteiger partial charge in [-0.15, -0.1) is 0 Å². The van der Waals surface area contributed by atoms with Crippen LogP contribution in [0.5, 0.6) is 0 Å². The van der Waals surface area contributed by atoms with E-state index < -0.39 is 5.97 Å². The number of carboxylic acids is 1. The van der Waals surface area contributed by atoms with Gasteiger partial charge < -0.3 is 15.4 Å². The Bertz CT molecular complexity index is 908. The molecule has 4 rings (SSSR count). The number of H-pyrrole nitrogens is 1. The average Bonchev–Trinajstić information content (AvgIpc) is 3.10. The predicted molar refractivity (Wildman–Crippen MR) is 96.4 cm³/mol. The second-order valence-corrected chi connectivity index (χ2v) is 6.91. The van der Waals surface area contributed by atoms with Crippen molar-refractivity contribution in [3.8, 4) is 0 Å². The van der Waals surface area contributed by atoms with E-state index in [1.165, 1.54) is 0 Å². The van der Waals surface area contributed by atoms with E-state index in [0.717, 1.165) is 53.0 Å². The van der Waals surface area contributed by atoms with Crippen LogP contribution in [0, 0.1) is 6.92 Å². The van der Waals surface area contributed by atoms with E-state index in [4.69, 9.17) is 5.11 Å². The fourth-order valence-electron chi connectivity index (χ4n) is 3.89. The van der Waals surface area contributed by atoms with Crippen LogP contribution in [0.2, 0.25) is 0 Å². The van der Waals surface area contributed by atoms with Crippen molar-refractivity contribution in [2.75, 3.05) is 5.32 Å². The number of aromatic nitrogens is 1. The SMILES string of the molecule is Cc1ccc2c(c1)C(=Cc1cc3c([nH]1)CCCC3CC(=O)O)C(=O)N2. The van der Waals surface area contributed by atoms with Crippen LogP contribution < -0.4 is 5.32 Å². The summed E-state index contributed by atoms with van der Waals surface area (Å²) in [5.74, 6) is -0.814. The molecule has 1 aliphatic heterocycles. The normalized spacial score (nSPS) is 20.3. The highest BCUT2D eigenvalue weighted by Gasteiger charge is 2.27. The highest BCUT2D eigenvalue weighted by atomic mass is 16.4. The summed E-state index contributed by atoms with van der Waals surface area (Å²) in [6.45, 7) is 2.00. The van der Waals surface area contributed by atoms with Gasteiger partial charge in [0.05, 0.1) is 12.0 Å². The van der Waals surface area contributed by atoms with Crippen LogP contribution in [0.1, 0.15) is 53.3 Å². The van der Waals surface area contributed by atoms with E-state index in [-0.39, 0.29) is 18.2 Å². The Kier molecular flexibility index (Phi) is 3.71. The zero-order valence-electron chi connectivity index (χ0n) is 14.1. The summed E-state index contributed by atoms with van der Waals surface area (Å²) in [7, 11) is 0. The van der Waals surface area contributed by atoms with Crippen molar-refractivity contribution in [2.45, 2.75) is 38.5 Å². The molecular formula is C20H20N2O3. The third-order valence-electron chi connectivity index (χ3n) is 5.05. The average molecular weight is 336 g/mol. The molecule has 1 unspecified atom stereocenters. The quantitative estimate of drug-likeness (QED) is 0.747. The van der Waals surface area contributed by atoms with Crippen molar-refractivity contribution in [1.82, 2.24) is 4.98 Å². The topological polar surface area (TPSA) is 82.2 Å². The molecule has 2 aromatic rings. The maximum atomic E-state index is 12.3. The van der Waals surface area contributed by atoms with Crippen molar-refractivity contribution in [3.63, 3.8) is 0 Å². The van der Waals surface area contributed by atoms with Gasteiger partial charge in [-0.25, -0.2) is 0 Å². The predicted octanol–water partition coefficient (Wildman–Crippen LogP) is 3.71. The summed E-state index contributed by atoms with van der Waals surface area (Å²) >= 11 is 0. The number of rotatable bonds is 3. The number of aromatic amines is 1. The standard InChI is InChI=1S/C20H20N2O3/c1-11-5-6-18-15(7-11)16(20(25)22-18)10-13-9-14-12(8-19(23)24)3-2-4-17(14)21-13/h5-7,9-10,12,21H,2-4,8H2,1H3,(H,22,25)(H,23,24). The maximum absolute atomic E-state index is 12.3. The number of carbonyl (C=O) groups is 2. The van der Waals surface area contributed by atoms with Gasteiger partial charge in [0.2, 0.25) is 0 Å². The Morgan fingerprint density at radius 2 is 2.20 bits per heavy atom. The fraction of sp³-hybridized carbons (Fsp3) is 0.300. The Hall–Kier alpha value is -2.82. The van der Waals surface area contributed by atoms with Crippen molar-refractivity contribution in [3.05, 3.63) is 52.3 Å². The lowest BCUT2D eigenvalue weighted by atomic mass is 9.85. The number of anilines is 1. The van der Waals surface area contributed by atoms with Gasteiger partial charge in [-0.2, -0.15) is 0 Å². The Balaban J connectivity index is 1.72. The van der Waals surface area contributed by atoms with Crippen LogP contribution in [0.4, 0.5) is 5.69 Å². The summed E-state index contributed by atoms with van der Waals surface area (Å²) < 4.78 is 0. The summed E-state index contributed by atoms with van der Waals surface area (Å²) in [6.07, 6.45) is 4.84. The fourth-order valence-corrected chi connectivity index (χ4v) is 3.89. The number of aryl methyl sites for hydroxylation is 2. The zero-order chi connectivity index (χ0) is 17.6. The van der Waals surface area contributed by atoms with E-state index in [1.54, 1.807) is 0 Å². The summed E-state index contributed by atoms with van der Waals surface area (Å²) in [5.41, 5.74) is 6.56. The van der Waals surface area contributed by atoms with Crippen LogP contribution in [-0.2, 0) is 16.0 Å². The van der Waals surface area contributed by atoms with Crippen LogP contribution >= 0.6 is 0 Å². The minimum atomic E-state index is -0.765. The first-order valence-corrected chi connectivity index (χ1v) is 8.59. The van der Waals surface area contributed by atoms with Gasteiger partial charge in [-0.3, -0.25) is 9.59 Å². The van der Waals surface area contributed by atoms with Gasteiger partial charge in [0.1, 0.15) is 0 Å². The van der Waals surface area contributed by atoms with Gasteiger partial charge in [-0.1, -0.05) is 11.6 Å². The van der Waals surface area contributed by atoms with Gasteiger partial charge in [-0.05, 0) is 61.9 Å². The summed E-state index contributed by atoms with van der Waals surface area (Å²) in [4.78, 5) is 26.8. The monoisotopic (exact) mass is 336 g/mol. The van der Waals surface area contributed by atoms with Crippen LogP contribution in [-0.4, -0.2) is 22.0 Å². The Morgan fingerprint density at radius 1 is 1.36 bits per heavy atom. The Morgan fingerprint density at radius 3 is 3.00 bits per heavy atom. The molecule has 1 aliphatic carbocycles. The van der Waals surface area contributed by atoms with Gasteiger partial charge >= 0.3 is 5.97 Å². The number of nitrogens with one attached hydrogen (secondary N) is 2. The minimum Gasteiger partial charge on any atom is -0.481 e.